The van der Waals surface area contributed by atoms with Crippen LogP contribution in [0.15, 0.2) is 67.1 Å². The molecule has 4 rings (SSSR count). The summed E-state index contributed by atoms with van der Waals surface area (Å²) >= 11 is 0. The van der Waals surface area contributed by atoms with E-state index in [0.717, 1.165) is 28.2 Å². The van der Waals surface area contributed by atoms with E-state index in [4.69, 9.17) is 0 Å². The van der Waals surface area contributed by atoms with E-state index < -0.39 is 0 Å². The largest absolute Gasteiger partial charge is 0.306 e. The minimum absolute atomic E-state index is 0.951. The number of rotatable bonds is 2. The second-order valence-electron chi connectivity index (χ2n) is 4.63. The molecule has 20 heavy (non-hydrogen) atoms. The van der Waals surface area contributed by atoms with Gasteiger partial charge in [0.05, 0.1) is 11.4 Å². The average molecular weight is 260 g/mol. The first kappa shape index (κ1) is 11.0. The van der Waals surface area contributed by atoms with Crippen LogP contribution < -0.4 is 0 Å². The average Bonchev–Trinajstić information content (AvgIpc) is 3.17. The Balaban J connectivity index is 1.75. The number of hydrogen-bond donors (Lipinski definition) is 1. The molecule has 3 aromatic heterocycles. The third-order valence-electron chi connectivity index (χ3n) is 3.34. The van der Waals surface area contributed by atoms with Gasteiger partial charge in [0, 0.05) is 29.7 Å². The molecule has 0 aliphatic carbocycles. The van der Waals surface area contributed by atoms with Crippen molar-refractivity contribution in [2.24, 2.45) is 0 Å². The molecule has 1 N–H and O–H groups in total. The molecule has 4 heteroatoms. The zero-order valence-corrected chi connectivity index (χ0v) is 10.7. The predicted octanol–water partition coefficient (Wildman–Crippen LogP) is 3.39. The standard InChI is InChI=1S/C16H12N4/c1-2-10-20-11-15(18-16(20)3-1)13-6-4-12(5-7-13)14-8-9-17-19-14/h1-11H,(H,17,19). The third kappa shape index (κ3) is 1.78. The molecule has 4 nitrogen and oxygen atoms in total. The molecular formula is C16H12N4. The van der Waals surface area contributed by atoms with E-state index in [2.05, 4.69) is 39.4 Å². The van der Waals surface area contributed by atoms with Crippen LogP contribution in [0, 0.1) is 0 Å². The van der Waals surface area contributed by atoms with Gasteiger partial charge in [0.1, 0.15) is 5.65 Å². The molecular weight excluding hydrogens is 248 g/mol. The van der Waals surface area contributed by atoms with E-state index in [1.807, 2.05) is 47.3 Å². The van der Waals surface area contributed by atoms with E-state index in [-0.39, 0.29) is 0 Å². The highest BCUT2D eigenvalue weighted by molar-refractivity contribution is 5.67. The molecule has 0 saturated carbocycles. The minimum atomic E-state index is 0.951. The lowest BCUT2D eigenvalue weighted by atomic mass is 10.1. The second kappa shape index (κ2) is 4.35. The quantitative estimate of drug-likeness (QED) is 0.600. The highest BCUT2D eigenvalue weighted by atomic mass is 15.1. The van der Waals surface area contributed by atoms with Crippen molar-refractivity contribution >= 4 is 5.65 Å². The zero-order valence-electron chi connectivity index (χ0n) is 10.7. The van der Waals surface area contributed by atoms with Crippen molar-refractivity contribution in [2.75, 3.05) is 0 Å². The van der Waals surface area contributed by atoms with Crippen LogP contribution in [0.25, 0.3) is 28.2 Å². The van der Waals surface area contributed by atoms with Crippen molar-refractivity contribution in [1.29, 1.82) is 0 Å². The molecule has 1 aromatic carbocycles. The van der Waals surface area contributed by atoms with Crippen LogP contribution in [-0.2, 0) is 0 Å². The van der Waals surface area contributed by atoms with E-state index in [9.17, 15) is 0 Å². The lowest BCUT2D eigenvalue weighted by molar-refractivity contribution is 1.10. The molecule has 96 valence electrons. The van der Waals surface area contributed by atoms with Gasteiger partial charge in [-0.25, -0.2) is 4.98 Å². The Labute approximate surface area is 115 Å². The maximum atomic E-state index is 4.62. The first-order valence-electron chi connectivity index (χ1n) is 6.44. The summed E-state index contributed by atoms with van der Waals surface area (Å²) in [5.74, 6) is 0. The van der Waals surface area contributed by atoms with Crippen LogP contribution in [0.4, 0.5) is 0 Å². The van der Waals surface area contributed by atoms with Crippen molar-refractivity contribution in [2.45, 2.75) is 0 Å². The monoisotopic (exact) mass is 260 g/mol. The van der Waals surface area contributed by atoms with Crippen LogP contribution in [-0.4, -0.2) is 19.6 Å². The molecule has 0 fully saturated rings. The van der Waals surface area contributed by atoms with Crippen LogP contribution in [0.3, 0.4) is 0 Å². The number of benzene rings is 1. The lowest BCUT2D eigenvalue weighted by Crippen LogP contribution is -1.80. The van der Waals surface area contributed by atoms with Gasteiger partial charge >= 0.3 is 0 Å². The van der Waals surface area contributed by atoms with Crippen molar-refractivity contribution in [3.05, 3.63) is 67.1 Å². The Bertz CT molecular complexity index is 809. The maximum absolute atomic E-state index is 4.62. The van der Waals surface area contributed by atoms with Gasteiger partial charge in [0.25, 0.3) is 0 Å². The fourth-order valence-corrected chi connectivity index (χ4v) is 2.31. The van der Waals surface area contributed by atoms with E-state index >= 15 is 0 Å². The predicted molar refractivity (Wildman–Crippen MR) is 78.2 cm³/mol. The van der Waals surface area contributed by atoms with Crippen LogP contribution in [0.2, 0.25) is 0 Å². The molecule has 0 spiro atoms. The fourth-order valence-electron chi connectivity index (χ4n) is 2.31. The maximum Gasteiger partial charge on any atom is 0.137 e. The summed E-state index contributed by atoms with van der Waals surface area (Å²) in [7, 11) is 0. The van der Waals surface area contributed by atoms with Crippen molar-refractivity contribution < 1.29 is 0 Å². The molecule has 0 aliphatic rings. The highest BCUT2D eigenvalue weighted by Gasteiger charge is 2.05. The molecule has 4 aromatic rings. The number of H-pyrrole nitrogens is 1. The van der Waals surface area contributed by atoms with Crippen molar-refractivity contribution in [3.8, 4) is 22.5 Å². The van der Waals surface area contributed by atoms with E-state index in [1.54, 1.807) is 0 Å². The van der Waals surface area contributed by atoms with Crippen LogP contribution >= 0.6 is 0 Å². The molecule has 0 radical (unpaired) electrons. The summed E-state index contributed by atoms with van der Waals surface area (Å²) in [6.45, 7) is 0. The first-order valence-corrected chi connectivity index (χ1v) is 6.44. The van der Waals surface area contributed by atoms with E-state index in [1.165, 1.54) is 0 Å². The van der Waals surface area contributed by atoms with Gasteiger partial charge in [0.15, 0.2) is 0 Å². The van der Waals surface area contributed by atoms with Gasteiger partial charge in [-0.05, 0) is 18.2 Å². The molecule has 0 saturated heterocycles. The smallest absolute Gasteiger partial charge is 0.137 e. The third-order valence-corrected chi connectivity index (χ3v) is 3.34. The summed E-state index contributed by atoms with van der Waals surface area (Å²) in [6.07, 6.45) is 5.87. The number of nitrogens with zero attached hydrogens (tertiary/aromatic N) is 3. The number of pyridine rings is 1. The van der Waals surface area contributed by atoms with Gasteiger partial charge < -0.3 is 4.40 Å². The number of fused-ring (bicyclic) bond motifs is 1. The second-order valence-corrected chi connectivity index (χ2v) is 4.63. The first-order chi connectivity index (χ1) is 9.90. The van der Waals surface area contributed by atoms with Crippen molar-refractivity contribution in [1.82, 2.24) is 19.6 Å². The molecule has 3 heterocycles. The molecule has 0 bridgehead atoms. The number of hydrogen-bond acceptors (Lipinski definition) is 2. The molecule has 0 aliphatic heterocycles. The summed E-state index contributed by atoms with van der Waals surface area (Å²) in [6, 6.07) is 16.2. The van der Waals surface area contributed by atoms with Gasteiger partial charge in [0.2, 0.25) is 0 Å². The lowest BCUT2D eigenvalue weighted by Gasteiger charge is -1.99. The van der Waals surface area contributed by atoms with Crippen LogP contribution in [0.1, 0.15) is 0 Å². The Morgan fingerprint density at radius 3 is 2.35 bits per heavy atom. The Morgan fingerprint density at radius 1 is 0.850 bits per heavy atom. The van der Waals surface area contributed by atoms with Gasteiger partial charge in [-0.2, -0.15) is 5.10 Å². The number of aromatic nitrogens is 4. The molecule has 0 unspecified atom stereocenters. The summed E-state index contributed by atoms with van der Waals surface area (Å²) in [5, 5.41) is 7.01. The zero-order chi connectivity index (χ0) is 13.4. The highest BCUT2D eigenvalue weighted by Crippen LogP contribution is 2.23. The van der Waals surface area contributed by atoms with Gasteiger partial charge in [-0.1, -0.05) is 30.3 Å². The van der Waals surface area contributed by atoms with Gasteiger partial charge in [-0.3, -0.25) is 5.10 Å². The number of nitrogens with one attached hydrogen (secondary N) is 1. The summed E-state index contributed by atoms with van der Waals surface area (Å²) < 4.78 is 2.02. The SMILES string of the molecule is c1ccn2cc(-c3ccc(-c4cc[nH]n4)cc3)nc2c1. The Morgan fingerprint density at radius 2 is 1.65 bits per heavy atom. The fraction of sp³-hybridized carbons (Fsp3) is 0. The Hall–Kier alpha value is -2.88. The summed E-state index contributed by atoms with van der Waals surface area (Å²) in [5.41, 5.74) is 5.09. The number of aromatic amines is 1. The molecule has 0 atom stereocenters. The minimum Gasteiger partial charge on any atom is -0.306 e. The normalized spacial score (nSPS) is 11.0. The van der Waals surface area contributed by atoms with Crippen molar-refractivity contribution in [3.63, 3.8) is 0 Å². The van der Waals surface area contributed by atoms with Gasteiger partial charge in [-0.15, -0.1) is 0 Å². The van der Waals surface area contributed by atoms with E-state index in [0.29, 0.717) is 0 Å². The number of imidazole rings is 1. The molecule has 0 amide bonds. The summed E-state index contributed by atoms with van der Waals surface area (Å²) in [4.78, 5) is 4.62. The van der Waals surface area contributed by atoms with Crippen LogP contribution in [0.5, 0.6) is 0 Å². The topological polar surface area (TPSA) is 46.0 Å². The Kier molecular flexibility index (Phi) is 2.39.